The summed E-state index contributed by atoms with van der Waals surface area (Å²) in [6.07, 6.45) is -7.40. The summed E-state index contributed by atoms with van der Waals surface area (Å²) in [7, 11) is 0. The molecule has 4 atom stereocenters. The molecule has 1 aliphatic heterocycles. The third kappa shape index (κ3) is 8.18. The summed E-state index contributed by atoms with van der Waals surface area (Å²) >= 11 is 0. The monoisotopic (exact) mass is 606 g/mol. The van der Waals surface area contributed by atoms with E-state index in [1.54, 1.807) is 43.3 Å². The lowest BCUT2D eigenvalue weighted by Crippen LogP contribution is -2.66. The minimum atomic E-state index is -4.97. The molecule has 0 bridgehead atoms. The molecule has 2 aromatic carbocycles. The number of ether oxygens (including phenoxy) is 1. The largest absolute Gasteiger partial charge is 0.462 e. The first-order valence-corrected chi connectivity index (χ1v) is 14.0. The van der Waals surface area contributed by atoms with E-state index in [0.717, 1.165) is 0 Å². The van der Waals surface area contributed by atoms with Crippen LogP contribution >= 0.6 is 0 Å². The second-order valence-corrected chi connectivity index (χ2v) is 10.8. The molecule has 0 saturated carbocycles. The van der Waals surface area contributed by atoms with Crippen LogP contribution in [0.3, 0.4) is 0 Å². The van der Waals surface area contributed by atoms with Crippen molar-refractivity contribution >= 4 is 29.3 Å². The van der Waals surface area contributed by atoms with Gasteiger partial charge in [0.05, 0.1) is 24.3 Å². The van der Waals surface area contributed by atoms with Gasteiger partial charge in [-0.2, -0.15) is 13.2 Å². The smallest absolute Gasteiger partial charge is 0.416 e. The molecule has 13 heteroatoms. The number of nitrogens with one attached hydrogen (secondary N) is 3. The molecule has 3 rings (SSSR count). The molecule has 0 spiro atoms. The summed E-state index contributed by atoms with van der Waals surface area (Å²) in [6, 6.07) is 9.61. The highest BCUT2D eigenvalue weighted by atomic mass is 19.4. The predicted octanol–water partition coefficient (Wildman–Crippen LogP) is 2.74. The molecular weight excluding hydrogens is 569 g/mol. The topological polar surface area (TPSA) is 160 Å². The number of carbonyl (C=O) groups excluding carboxylic acids is 4. The number of anilines is 1. The zero-order chi connectivity index (χ0) is 31.9. The maximum atomic E-state index is 13.6. The molecule has 1 saturated heterocycles. The van der Waals surface area contributed by atoms with Crippen LogP contribution < -0.4 is 21.7 Å². The fourth-order valence-electron chi connectivity index (χ4n) is 4.96. The Morgan fingerprint density at radius 1 is 1.09 bits per heavy atom. The van der Waals surface area contributed by atoms with E-state index in [-0.39, 0.29) is 31.6 Å². The van der Waals surface area contributed by atoms with E-state index in [2.05, 4.69) is 16.0 Å². The number of hydrogen-bond donors (Lipinski definition) is 5. The van der Waals surface area contributed by atoms with Crippen LogP contribution in [0.4, 0.5) is 18.9 Å². The van der Waals surface area contributed by atoms with Gasteiger partial charge in [-0.3, -0.25) is 19.7 Å². The summed E-state index contributed by atoms with van der Waals surface area (Å²) in [5.74, 6) is -3.41. The van der Waals surface area contributed by atoms with Gasteiger partial charge in [-0.05, 0) is 80.6 Å². The maximum Gasteiger partial charge on any atom is 0.416 e. The van der Waals surface area contributed by atoms with Gasteiger partial charge >= 0.3 is 12.1 Å². The van der Waals surface area contributed by atoms with Gasteiger partial charge in [0.1, 0.15) is 0 Å². The second kappa shape index (κ2) is 14.1. The van der Waals surface area contributed by atoms with Crippen molar-refractivity contribution in [2.45, 2.75) is 69.9 Å². The van der Waals surface area contributed by atoms with Crippen LogP contribution in [-0.2, 0) is 20.7 Å². The van der Waals surface area contributed by atoms with Crippen LogP contribution in [0.2, 0.25) is 0 Å². The average molecular weight is 607 g/mol. The Kier molecular flexibility index (Phi) is 11.1. The van der Waals surface area contributed by atoms with Crippen molar-refractivity contribution in [2.24, 2.45) is 11.7 Å². The van der Waals surface area contributed by atoms with E-state index in [0.29, 0.717) is 23.2 Å². The number of halogens is 3. The van der Waals surface area contributed by atoms with Crippen LogP contribution in [-0.4, -0.2) is 71.7 Å². The number of aliphatic hydroxyl groups excluding tert-OH is 1. The van der Waals surface area contributed by atoms with Gasteiger partial charge in [0.25, 0.3) is 5.91 Å². The predicted molar refractivity (Wildman–Crippen MR) is 152 cm³/mol. The molecule has 2 unspecified atom stereocenters. The molecule has 43 heavy (non-hydrogen) atoms. The number of esters is 1. The van der Waals surface area contributed by atoms with E-state index in [1.807, 2.05) is 0 Å². The summed E-state index contributed by atoms with van der Waals surface area (Å²) in [5, 5.41) is 17.6. The Hall–Kier alpha value is -3.81. The van der Waals surface area contributed by atoms with Gasteiger partial charge in [-0.15, -0.1) is 0 Å². The Morgan fingerprint density at radius 2 is 1.77 bits per heavy atom. The standard InChI is InChI=1S/C30H37F3N4O6/c1-4-43-27(41)19-9-11-21(12-10-19)36-26(40)20-8-5-7-18(15-20)16-22(34)24(38)29(13-6-14-35-29)28(42)37-23(17(2)3)25(39)30(31,32)33/h5,7-12,15,17,22-23,25,35,39H,4,6,13-14,16,34H2,1-3H3,(H,36,40)(H,37,42)/t22-,23?,25?,29-/m0/s1. The van der Waals surface area contributed by atoms with Crippen molar-refractivity contribution in [3.8, 4) is 0 Å². The van der Waals surface area contributed by atoms with Crippen LogP contribution in [0.1, 0.15) is 59.9 Å². The summed E-state index contributed by atoms with van der Waals surface area (Å²) in [4.78, 5) is 51.6. The third-order valence-corrected chi connectivity index (χ3v) is 7.29. The summed E-state index contributed by atoms with van der Waals surface area (Å²) in [5.41, 5.74) is 5.94. The highest BCUT2D eigenvalue weighted by molar-refractivity contribution is 6.13. The number of ketones is 1. The summed E-state index contributed by atoms with van der Waals surface area (Å²) < 4.78 is 44.7. The van der Waals surface area contributed by atoms with Crippen molar-refractivity contribution in [3.63, 3.8) is 0 Å². The van der Waals surface area contributed by atoms with Crippen LogP contribution in [0.5, 0.6) is 0 Å². The third-order valence-electron chi connectivity index (χ3n) is 7.29. The van der Waals surface area contributed by atoms with Crippen molar-refractivity contribution in [2.75, 3.05) is 18.5 Å². The van der Waals surface area contributed by atoms with Crippen molar-refractivity contribution in [1.29, 1.82) is 0 Å². The van der Waals surface area contributed by atoms with E-state index in [4.69, 9.17) is 10.5 Å². The number of alkyl halides is 3. The average Bonchev–Trinajstić information content (AvgIpc) is 3.46. The number of nitrogens with two attached hydrogens (primary N) is 1. The Balaban J connectivity index is 1.71. The van der Waals surface area contributed by atoms with Gasteiger partial charge < -0.3 is 26.2 Å². The van der Waals surface area contributed by atoms with Crippen LogP contribution in [0, 0.1) is 5.92 Å². The summed E-state index contributed by atoms with van der Waals surface area (Å²) in [6.45, 7) is 5.04. The Bertz CT molecular complexity index is 1310. The number of aliphatic hydroxyl groups is 1. The molecule has 2 aromatic rings. The quantitative estimate of drug-likeness (QED) is 0.182. The lowest BCUT2D eigenvalue weighted by atomic mass is 9.84. The molecule has 2 amide bonds. The number of benzene rings is 2. The zero-order valence-corrected chi connectivity index (χ0v) is 24.2. The number of carbonyl (C=O) groups is 4. The molecule has 0 aromatic heterocycles. The van der Waals surface area contributed by atoms with Crippen molar-refractivity contribution in [3.05, 3.63) is 65.2 Å². The van der Waals surface area contributed by atoms with Crippen molar-refractivity contribution in [1.82, 2.24) is 10.6 Å². The molecule has 0 aliphatic carbocycles. The van der Waals surface area contributed by atoms with Gasteiger partial charge in [-0.1, -0.05) is 26.0 Å². The molecule has 1 heterocycles. The number of rotatable bonds is 12. The molecule has 10 nitrogen and oxygen atoms in total. The van der Waals surface area contributed by atoms with Crippen molar-refractivity contribution < 1.29 is 42.2 Å². The van der Waals surface area contributed by atoms with Gasteiger partial charge in [-0.25, -0.2) is 4.79 Å². The molecule has 1 fully saturated rings. The van der Waals surface area contributed by atoms with Crippen LogP contribution in [0.25, 0.3) is 0 Å². The molecule has 0 radical (unpaired) electrons. The van der Waals surface area contributed by atoms with Crippen LogP contribution in [0.15, 0.2) is 48.5 Å². The lowest BCUT2D eigenvalue weighted by Gasteiger charge is -2.34. The van der Waals surface area contributed by atoms with Gasteiger partial charge in [0.15, 0.2) is 17.4 Å². The molecule has 1 aliphatic rings. The first kappa shape index (κ1) is 33.7. The Labute approximate surface area is 247 Å². The normalized spacial score (nSPS) is 18.9. The number of Topliss-reactive ketones (excluding diaryl/α,β-unsaturated/α-hetero) is 1. The fourth-order valence-corrected chi connectivity index (χ4v) is 4.96. The Morgan fingerprint density at radius 3 is 2.33 bits per heavy atom. The van der Waals surface area contributed by atoms with Gasteiger partial charge in [0.2, 0.25) is 5.91 Å². The fraction of sp³-hybridized carbons (Fsp3) is 0.467. The molecule has 234 valence electrons. The van der Waals surface area contributed by atoms with E-state index in [9.17, 15) is 37.5 Å². The molecule has 6 N–H and O–H groups in total. The van der Waals surface area contributed by atoms with E-state index in [1.165, 1.54) is 26.0 Å². The first-order valence-electron chi connectivity index (χ1n) is 14.0. The van der Waals surface area contributed by atoms with Gasteiger partial charge in [0, 0.05) is 11.3 Å². The maximum absolute atomic E-state index is 13.6. The second-order valence-electron chi connectivity index (χ2n) is 10.8. The minimum Gasteiger partial charge on any atom is -0.462 e. The highest BCUT2D eigenvalue weighted by Gasteiger charge is 2.52. The lowest BCUT2D eigenvalue weighted by molar-refractivity contribution is -0.215. The zero-order valence-electron chi connectivity index (χ0n) is 24.2. The highest BCUT2D eigenvalue weighted by Crippen LogP contribution is 2.28. The number of hydrogen-bond acceptors (Lipinski definition) is 8. The minimum absolute atomic E-state index is 0.0235. The molecular formula is C30H37F3N4O6. The first-order chi connectivity index (χ1) is 20.2. The SMILES string of the molecule is CCOC(=O)c1ccc(NC(=O)c2cccc(C[C@H](N)C(=O)[C@]3(C(=O)NC(C(C)C)C(O)C(F)(F)F)CCCN3)c2)cc1. The van der Waals surface area contributed by atoms with E-state index < -0.39 is 59.4 Å². The van der Waals surface area contributed by atoms with E-state index >= 15 is 0 Å². The number of amides is 2.